The van der Waals surface area contributed by atoms with Crippen LogP contribution in [0.15, 0.2) is 30.3 Å². The van der Waals surface area contributed by atoms with Gasteiger partial charge >= 0.3 is 0 Å². The maximum absolute atomic E-state index is 6.67. The van der Waals surface area contributed by atoms with Gasteiger partial charge in [-0.15, -0.1) is 23.5 Å². The van der Waals surface area contributed by atoms with Crippen LogP contribution in [-0.4, -0.2) is 26.4 Å². The summed E-state index contributed by atoms with van der Waals surface area (Å²) >= 11 is 4.19. The van der Waals surface area contributed by atoms with E-state index in [2.05, 4.69) is 74.6 Å². The summed E-state index contributed by atoms with van der Waals surface area (Å²) in [5.74, 6) is 2.51. The Kier molecular flexibility index (Phi) is 6.72. The molecule has 0 N–H and O–H groups in total. The van der Waals surface area contributed by atoms with Gasteiger partial charge in [0.05, 0.1) is 6.61 Å². The Balaban J connectivity index is 2.18. The van der Waals surface area contributed by atoms with Gasteiger partial charge < -0.3 is 4.43 Å². The molecule has 0 aliphatic carbocycles. The molecule has 1 aliphatic heterocycles. The Hall–Kier alpha value is 0.0969. The molecule has 1 aromatic rings. The number of thioether (sulfide) groups is 2. The molecule has 0 bridgehead atoms. The molecule has 0 aromatic heterocycles. The van der Waals surface area contributed by atoms with Gasteiger partial charge in [0.1, 0.15) is 4.08 Å². The third kappa shape index (κ3) is 4.09. The lowest BCUT2D eigenvalue weighted by molar-refractivity contribution is 0.290. The average molecular weight is 341 g/mol. The number of hydrogen-bond acceptors (Lipinski definition) is 3. The molecule has 0 unspecified atom stereocenters. The number of benzene rings is 1. The molecule has 4 heteroatoms. The monoisotopic (exact) mass is 340 g/mol. The van der Waals surface area contributed by atoms with E-state index in [1.54, 1.807) is 0 Å². The zero-order valence-electron chi connectivity index (χ0n) is 13.6. The van der Waals surface area contributed by atoms with Crippen LogP contribution in [0, 0.1) is 0 Å². The lowest BCUT2D eigenvalue weighted by atomic mass is 10.1. The Morgan fingerprint density at radius 1 is 1.00 bits per heavy atom. The number of rotatable bonds is 7. The summed E-state index contributed by atoms with van der Waals surface area (Å²) < 4.78 is 6.79. The first-order chi connectivity index (χ1) is 10.2. The zero-order chi connectivity index (χ0) is 15.2. The predicted molar refractivity (Wildman–Crippen MR) is 101 cm³/mol. The molecule has 1 saturated heterocycles. The minimum absolute atomic E-state index is 0.122. The Bertz CT molecular complexity index is 406. The molecule has 1 heterocycles. The summed E-state index contributed by atoms with van der Waals surface area (Å²) in [7, 11) is -1.51. The second kappa shape index (κ2) is 8.09. The Morgan fingerprint density at radius 3 is 2.10 bits per heavy atom. The molecule has 1 aliphatic rings. The zero-order valence-corrected chi connectivity index (χ0v) is 16.2. The lowest BCUT2D eigenvalue weighted by Crippen LogP contribution is -2.41. The minimum atomic E-state index is -1.51. The third-order valence-electron chi connectivity index (χ3n) is 4.67. The van der Waals surface area contributed by atoms with Crippen molar-refractivity contribution in [3.8, 4) is 0 Å². The first kappa shape index (κ1) is 17.5. The molecule has 118 valence electrons. The van der Waals surface area contributed by atoms with Gasteiger partial charge in [0.2, 0.25) is 0 Å². The second-order valence-corrected chi connectivity index (χ2v) is 13.5. The molecule has 0 amide bonds. The van der Waals surface area contributed by atoms with Gasteiger partial charge in [0.15, 0.2) is 8.32 Å². The van der Waals surface area contributed by atoms with Crippen LogP contribution in [-0.2, 0) is 8.51 Å². The van der Waals surface area contributed by atoms with Crippen molar-refractivity contribution >= 4 is 31.8 Å². The van der Waals surface area contributed by atoms with E-state index >= 15 is 0 Å². The van der Waals surface area contributed by atoms with Gasteiger partial charge in [0, 0.05) is 0 Å². The second-order valence-electron chi connectivity index (χ2n) is 5.70. The van der Waals surface area contributed by atoms with E-state index in [0.717, 1.165) is 6.61 Å². The van der Waals surface area contributed by atoms with E-state index in [-0.39, 0.29) is 4.08 Å². The molecular weight excluding hydrogens is 312 g/mol. The highest BCUT2D eigenvalue weighted by Gasteiger charge is 2.39. The van der Waals surface area contributed by atoms with E-state index in [0.29, 0.717) is 0 Å². The highest BCUT2D eigenvalue weighted by atomic mass is 32.2. The average Bonchev–Trinajstić information content (AvgIpc) is 2.58. The third-order valence-corrected chi connectivity index (χ3v) is 12.6. The van der Waals surface area contributed by atoms with Crippen molar-refractivity contribution in [1.82, 2.24) is 0 Å². The topological polar surface area (TPSA) is 9.23 Å². The van der Waals surface area contributed by atoms with Crippen molar-refractivity contribution in [3.05, 3.63) is 35.9 Å². The van der Waals surface area contributed by atoms with Crippen LogP contribution < -0.4 is 0 Å². The highest BCUT2D eigenvalue weighted by molar-refractivity contribution is 8.18. The summed E-state index contributed by atoms with van der Waals surface area (Å²) in [5.41, 5.74) is 1.44. The van der Waals surface area contributed by atoms with Crippen LogP contribution in [0.3, 0.4) is 0 Å². The van der Waals surface area contributed by atoms with Gasteiger partial charge in [-0.25, -0.2) is 0 Å². The van der Waals surface area contributed by atoms with Gasteiger partial charge in [0.25, 0.3) is 0 Å². The standard InChI is InChI=1S/C17H28OS2Si/c1-4-21(5-2,6-3)18-15-17(19-13-10-14-20-17)16-11-8-7-9-12-16/h7-9,11-12H,4-6,10,13-15H2,1-3H3. The summed E-state index contributed by atoms with van der Waals surface area (Å²) in [4.78, 5) is 0. The van der Waals surface area contributed by atoms with Crippen LogP contribution in [0.25, 0.3) is 0 Å². The molecule has 1 nitrogen and oxygen atoms in total. The van der Waals surface area contributed by atoms with Crippen molar-refractivity contribution in [2.45, 2.75) is 49.4 Å². The molecule has 0 atom stereocenters. The summed E-state index contributed by atoms with van der Waals surface area (Å²) in [6.07, 6.45) is 1.32. The molecule has 2 rings (SSSR count). The molecule has 1 aromatic carbocycles. The van der Waals surface area contributed by atoms with Crippen LogP contribution in [0.2, 0.25) is 18.1 Å². The summed E-state index contributed by atoms with van der Waals surface area (Å²) in [5, 5.41) is 0. The largest absolute Gasteiger partial charge is 0.414 e. The van der Waals surface area contributed by atoms with E-state index in [4.69, 9.17) is 4.43 Å². The quantitative estimate of drug-likeness (QED) is 0.586. The van der Waals surface area contributed by atoms with E-state index in [1.807, 2.05) is 0 Å². The summed E-state index contributed by atoms with van der Waals surface area (Å²) in [6.45, 7) is 7.83. The van der Waals surface area contributed by atoms with Gasteiger partial charge in [-0.1, -0.05) is 51.1 Å². The fourth-order valence-electron chi connectivity index (χ4n) is 2.90. The van der Waals surface area contributed by atoms with Crippen LogP contribution in [0.5, 0.6) is 0 Å². The highest BCUT2D eigenvalue weighted by Crippen LogP contribution is 2.51. The fourth-order valence-corrected chi connectivity index (χ4v) is 8.89. The lowest BCUT2D eigenvalue weighted by Gasteiger charge is -2.40. The molecular formula is C17H28OS2Si. The normalized spacial score (nSPS) is 18.6. The van der Waals surface area contributed by atoms with Gasteiger partial charge in [-0.05, 0) is 41.6 Å². The Labute approximate surface area is 139 Å². The maximum Gasteiger partial charge on any atom is 0.192 e. The van der Waals surface area contributed by atoms with Crippen LogP contribution >= 0.6 is 23.5 Å². The van der Waals surface area contributed by atoms with E-state index in [9.17, 15) is 0 Å². The van der Waals surface area contributed by atoms with Gasteiger partial charge in [-0.3, -0.25) is 0 Å². The molecule has 0 saturated carbocycles. The number of hydrogen-bond donors (Lipinski definition) is 0. The minimum Gasteiger partial charge on any atom is -0.414 e. The predicted octanol–water partition coefficient (Wildman–Crippen LogP) is 5.73. The van der Waals surface area contributed by atoms with Crippen LogP contribution in [0.4, 0.5) is 0 Å². The van der Waals surface area contributed by atoms with E-state index < -0.39 is 8.32 Å². The molecule has 0 radical (unpaired) electrons. The first-order valence-electron chi connectivity index (χ1n) is 8.17. The van der Waals surface area contributed by atoms with Crippen molar-refractivity contribution in [3.63, 3.8) is 0 Å². The van der Waals surface area contributed by atoms with E-state index in [1.165, 1.54) is 41.6 Å². The smallest absolute Gasteiger partial charge is 0.192 e. The Morgan fingerprint density at radius 2 is 1.57 bits per heavy atom. The van der Waals surface area contributed by atoms with Crippen LogP contribution in [0.1, 0.15) is 32.8 Å². The van der Waals surface area contributed by atoms with Crippen molar-refractivity contribution < 1.29 is 4.43 Å². The first-order valence-corrected chi connectivity index (χ1v) is 12.7. The van der Waals surface area contributed by atoms with Gasteiger partial charge in [-0.2, -0.15) is 0 Å². The van der Waals surface area contributed by atoms with Crippen molar-refractivity contribution in [2.24, 2.45) is 0 Å². The molecule has 21 heavy (non-hydrogen) atoms. The summed E-state index contributed by atoms with van der Waals surface area (Å²) in [6, 6.07) is 14.7. The SMILES string of the molecule is CC[Si](CC)(CC)OCC1(c2ccccc2)SCCCS1. The molecule has 0 spiro atoms. The van der Waals surface area contributed by atoms with Crippen molar-refractivity contribution in [2.75, 3.05) is 18.1 Å². The molecule has 1 fully saturated rings. The maximum atomic E-state index is 6.67. The van der Waals surface area contributed by atoms with Crippen molar-refractivity contribution in [1.29, 1.82) is 0 Å². The fraction of sp³-hybridized carbons (Fsp3) is 0.647.